The molecule has 0 aliphatic rings. The quantitative estimate of drug-likeness (QED) is 0.464. The van der Waals surface area contributed by atoms with Gasteiger partial charge in [0.05, 0.1) is 0 Å². The third-order valence-electron chi connectivity index (χ3n) is 2.76. The van der Waals surface area contributed by atoms with Gasteiger partial charge in [0.1, 0.15) is 6.29 Å². The van der Waals surface area contributed by atoms with Crippen LogP contribution >= 0.6 is 0 Å². The standard InChI is InChI=1S/C14H25NO/c1-5-14(15(6-2)7-3)11-10-13(4)9-8-12-16/h5,10-13H,6-9H2,1-4H3/b11-10-,14-5+. The number of aldehydes is 1. The molecule has 92 valence electrons. The van der Waals surface area contributed by atoms with E-state index in [1.165, 1.54) is 5.70 Å². The topological polar surface area (TPSA) is 20.3 Å². The smallest absolute Gasteiger partial charge is 0.120 e. The van der Waals surface area contributed by atoms with Crippen molar-refractivity contribution < 1.29 is 4.79 Å². The summed E-state index contributed by atoms with van der Waals surface area (Å²) in [6, 6.07) is 0. The van der Waals surface area contributed by atoms with Gasteiger partial charge in [-0.1, -0.05) is 19.1 Å². The molecule has 2 heteroatoms. The van der Waals surface area contributed by atoms with Crippen LogP contribution in [-0.4, -0.2) is 24.3 Å². The number of allylic oxidation sites excluding steroid dienone is 3. The Morgan fingerprint density at radius 1 is 1.31 bits per heavy atom. The van der Waals surface area contributed by atoms with Gasteiger partial charge in [0.15, 0.2) is 0 Å². The molecule has 0 aliphatic carbocycles. The number of carbonyl (C=O) groups is 1. The van der Waals surface area contributed by atoms with Crippen molar-refractivity contribution in [3.63, 3.8) is 0 Å². The summed E-state index contributed by atoms with van der Waals surface area (Å²) in [6.45, 7) is 10.6. The zero-order chi connectivity index (χ0) is 12.4. The van der Waals surface area contributed by atoms with Crippen LogP contribution in [0.5, 0.6) is 0 Å². The lowest BCUT2D eigenvalue weighted by atomic mass is 10.1. The monoisotopic (exact) mass is 223 g/mol. The molecular weight excluding hydrogens is 198 g/mol. The largest absolute Gasteiger partial charge is 0.372 e. The Hall–Kier alpha value is -1.05. The number of carbonyl (C=O) groups excluding carboxylic acids is 1. The van der Waals surface area contributed by atoms with E-state index in [1.807, 2.05) is 0 Å². The first-order valence-electron chi connectivity index (χ1n) is 6.22. The van der Waals surface area contributed by atoms with Gasteiger partial charge in [0.25, 0.3) is 0 Å². The molecule has 0 bridgehead atoms. The molecule has 0 rings (SSSR count). The molecule has 0 saturated heterocycles. The van der Waals surface area contributed by atoms with Crippen LogP contribution in [0.15, 0.2) is 23.9 Å². The number of hydrogen-bond acceptors (Lipinski definition) is 2. The average Bonchev–Trinajstić information content (AvgIpc) is 2.31. The van der Waals surface area contributed by atoms with Crippen molar-refractivity contribution >= 4 is 6.29 Å². The van der Waals surface area contributed by atoms with Crippen LogP contribution in [0.4, 0.5) is 0 Å². The highest BCUT2D eigenvalue weighted by Crippen LogP contribution is 2.11. The minimum Gasteiger partial charge on any atom is -0.372 e. The van der Waals surface area contributed by atoms with Crippen molar-refractivity contribution in [3.8, 4) is 0 Å². The Balaban J connectivity index is 4.30. The third kappa shape index (κ3) is 5.74. The lowest BCUT2D eigenvalue weighted by Gasteiger charge is -2.22. The highest BCUT2D eigenvalue weighted by atomic mass is 16.1. The van der Waals surface area contributed by atoms with E-state index in [2.05, 4.69) is 50.8 Å². The van der Waals surface area contributed by atoms with Crippen molar-refractivity contribution in [1.82, 2.24) is 4.90 Å². The van der Waals surface area contributed by atoms with Crippen LogP contribution in [0.3, 0.4) is 0 Å². The fourth-order valence-electron chi connectivity index (χ4n) is 1.66. The highest BCUT2D eigenvalue weighted by molar-refractivity contribution is 5.49. The normalized spacial score (nSPS) is 14.1. The van der Waals surface area contributed by atoms with Crippen LogP contribution < -0.4 is 0 Å². The lowest BCUT2D eigenvalue weighted by molar-refractivity contribution is -0.108. The van der Waals surface area contributed by atoms with Crippen molar-refractivity contribution in [3.05, 3.63) is 23.9 Å². The van der Waals surface area contributed by atoms with Gasteiger partial charge < -0.3 is 9.69 Å². The molecule has 0 heterocycles. The van der Waals surface area contributed by atoms with Gasteiger partial charge in [-0.15, -0.1) is 0 Å². The zero-order valence-corrected chi connectivity index (χ0v) is 11.1. The summed E-state index contributed by atoms with van der Waals surface area (Å²) in [6.07, 6.45) is 9.08. The SMILES string of the molecule is C/C=C(\C=C/C(C)CCC=O)N(CC)CC. The van der Waals surface area contributed by atoms with Crippen molar-refractivity contribution in [2.75, 3.05) is 13.1 Å². The Morgan fingerprint density at radius 3 is 2.38 bits per heavy atom. The Kier molecular flexibility index (Phi) is 8.59. The van der Waals surface area contributed by atoms with E-state index in [-0.39, 0.29) is 0 Å². The predicted octanol–water partition coefficient (Wildman–Crippen LogP) is 3.40. The van der Waals surface area contributed by atoms with E-state index in [0.29, 0.717) is 12.3 Å². The molecule has 0 fully saturated rings. The Labute approximate surface area is 100 Å². The van der Waals surface area contributed by atoms with E-state index in [1.54, 1.807) is 0 Å². The van der Waals surface area contributed by atoms with Gasteiger partial charge in [-0.05, 0) is 39.2 Å². The molecule has 0 N–H and O–H groups in total. The Morgan fingerprint density at radius 2 is 1.94 bits per heavy atom. The summed E-state index contributed by atoms with van der Waals surface area (Å²) in [7, 11) is 0. The van der Waals surface area contributed by atoms with Gasteiger partial charge in [-0.25, -0.2) is 0 Å². The number of nitrogens with zero attached hydrogens (tertiary/aromatic N) is 1. The van der Waals surface area contributed by atoms with E-state index >= 15 is 0 Å². The van der Waals surface area contributed by atoms with Crippen molar-refractivity contribution in [2.24, 2.45) is 5.92 Å². The van der Waals surface area contributed by atoms with Crippen LogP contribution in [0.25, 0.3) is 0 Å². The van der Waals surface area contributed by atoms with Crippen molar-refractivity contribution in [2.45, 2.75) is 40.5 Å². The molecule has 0 aromatic rings. The molecule has 0 aromatic heterocycles. The van der Waals surface area contributed by atoms with E-state index in [4.69, 9.17) is 0 Å². The van der Waals surface area contributed by atoms with Crippen LogP contribution in [0.2, 0.25) is 0 Å². The third-order valence-corrected chi connectivity index (χ3v) is 2.76. The molecular formula is C14H25NO. The molecule has 0 spiro atoms. The van der Waals surface area contributed by atoms with Crippen LogP contribution in [-0.2, 0) is 4.79 Å². The van der Waals surface area contributed by atoms with Crippen molar-refractivity contribution in [1.29, 1.82) is 0 Å². The first kappa shape index (κ1) is 14.9. The van der Waals surface area contributed by atoms with Crippen LogP contribution in [0, 0.1) is 5.92 Å². The molecule has 2 nitrogen and oxygen atoms in total. The molecule has 0 aromatic carbocycles. The molecule has 0 amide bonds. The van der Waals surface area contributed by atoms with Gasteiger partial charge in [0.2, 0.25) is 0 Å². The van der Waals surface area contributed by atoms with Gasteiger partial charge in [-0.3, -0.25) is 0 Å². The maximum Gasteiger partial charge on any atom is 0.120 e. The molecule has 0 aliphatic heterocycles. The second-order valence-corrected chi connectivity index (χ2v) is 3.97. The number of hydrogen-bond donors (Lipinski definition) is 0. The summed E-state index contributed by atoms with van der Waals surface area (Å²) >= 11 is 0. The molecule has 0 radical (unpaired) electrons. The maximum absolute atomic E-state index is 10.3. The summed E-state index contributed by atoms with van der Waals surface area (Å²) < 4.78 is 0. The predicted molar refractivity (Wildman–Crippen MR) is 70.3 cm³/mol. The first-order chi connectivity index (χ1) is 7.69. The highest BCUT2D eigenvalue weighted by Gasteiger charge is 2.01. The average molecular weight is 223 g/mol. The summed E-state index contributed by atoms with van der Waals surface area (Å²) in [5.74, 6) is 0.468. The summed E-state index contributed by atoms with van der Waals surface area (Å²) in [4.78, 5) is 12.6. The van der Waals surface area contributed by atoms with E-state index < -0.39 is 0 Å². The van der Waals surface area contributed by atoms with E-state index in [0.717, 1.165) is 25.8 Å². The van der Waals surface area contributed by atoms with Gasteiger partial charge in [0, 0.05) is 25.2 Å². The molecule has 16 heavy (non-hydrogen) atoms. The number of rotatable bonds is 8. The van der Waals surface area contributed by atoms with Gasteiger partial charge in [-0.2, -0.15) is 0 Å². The number of likely N-dealkylation sites (N-methyl/N-ethyl adjacent to an activating group) is 1. The zero-order valence-electron chi connectivity index (χ0n) is 11.1. The van der Waals surface area contributed by atoms with Gasteiger partial charge >= 0.3 is 0 Å². The van der Waals surface area contributed by atoms with E-state index in [9.17, 15) is 4.79 Å². The molecule has 1 atom stereocenters. The fraction of sp³-hybridized carbons (Fsp3) is 0.643. The minimum atomic E-state index is 0.468. The second kappa shape index (κ2) is 9.20. The minimum absolute atomic E-state index is 0.468. The molecule has 0 saturated carbocycles. The lowest BCUT2D eigenvalue weighted by Crippen LogP contribution is -2.21. The fourth-order valence-corrected chi connectivity index (χ4v) is 1.66. The summed E-state index contributed by atoms with van der Waals surface area (Å²) in [5.41, 5.74) is 1.27. The first-order valence-corrected chi connectivity index (χ1v) is 6.22. The second-order valence-electron chi connectivity index (χ2n) is 3.97. The Bertz CT molecular complexity index is 239. The van der Waals surface area contributed by atoms with Crippen LogP contribution in [0.1, 0.15) is 40.5 Å². The maximum atomic E-state index is 10.3. The summed E-state index contributed by atoms with van der Waals surface area (Å²) in [5, 5.41) is 0. The molecule has 1 unspecified atom stereocenters.